The van der Waals surface area contributed by atoms with E-state index in [0.29, 0.717) is 12.7 Å². The molecule has 0 radical (unpaired) electrons. The van der Waals surface area contributed by atoms with Crippen LogP contribution in [0.1, 0.15) is 5.56 Å². The Morgan fingerprint density at radius 2 is 2.07 bits per heavy atom. The fourth-order valence-corrected chi connectivity index (χ4v) is 1.28. The molecule has 0 amide bonds. The van der Waals surface area contributed by atoms with E-state index in [1.165, 1.54) is 0 Å². The van der Waals surface area contributed by atoms with E-state index >= 15 is 0 Å². The summed E-state index contributed by atoms with van der Waals surface area (Å²) in [5.41, 5.74) is 1.04. The number of nitrogens with one attached hydrogen (secondary N) is 1. The third-order valence-electron chi connectivity index (χ3n) is 2.09. The summed E-state index contributed by atoms with van der Waals surface area (Å²) in [6.45, 7) is 0. The number of rotatable bonds is 5. The quantitative estimate of drug-likeness (QED) is 0.547. The highest BCUT2D eigenvalue weighted by Gasteiger charge is 2.15. The number of hydrogen-bond acceptors (Lipinski definition) is 3. The molecule has 74 valence electrons. The number of carbonyl (C=O) groups excluding carboxylic acids is 2. The zero-order chi connectivity index (χ0) is 10.4. The Bertz CT molecular complexity index is 308. The summed E-state index contributed by atoms with van der Waals surface area (Å²) in [4.78, 5) is 21.4. The number of Topliss-reactive ketones (excluding diaryl/α,β-unsaturated/α-hetero) is 1. The van der Waals surface area contributed by atoms with Crippen LogP contribution < -0.4 is 5.32 Å². The predicted octanol–water partition coefficient (Wildman–Crippen LogP) is 0.585. The Balaban J connectivity index is 2.66. The summed E-state index contributed by atoms with van der Waals surface area (Å²) < 4.78 is 0. The SMILES string of the molecule is CNC(Cc1ccccc1)C(=O)C=O. The first kappa shape index (κ1) is 10.6. The molecule has 1 aromatic rings. The maximum absolute atomic E-state index is 11.1. The molecule has 3 nitrogen and oxygen atoms in total. The fourth-order valence-electron chi connectivity index (χ4n) is 1.28. The Morgan fingerprint density at radius 1 is 1.43 bits per heavy atom. The number of benzene rings is 1. The van der Waals surface area contributed by atoms with Gasteiger partial charge < -0.3 is 5.32 Å². The van der Waals surface area contributed by atoms with Gasteiger partial charge in [0.2, 0.25) is 5.78 Å². The van der Waals surface area contributed by atoms with Gasteiger partial charge in [0.1, 0.15) is 0 Å². The third kappa shape index (κ3) is 2.78. The van der Waals surface area contributed by atoms with Crippen LogP contribution in [0.2, 0.25) is 0 Å². The van der Waals surface area contributed by atoms with E-state index in [-0.39, 0.29) is 0 Å². The van der Waals surface area contributed by atoms with Crippen LogP contribution in [0.15, 0.2) is 30.3 Å². The Kier molecular flexibility index (Phi) is 4.01. The van der Waals surface area contributed by atoms with Gasteiger partial charge >= 0.3 is 0 Å². The first-order valence-electron chi connectivity index (χ1n) is 4.48. The standard InChI is InChI=1S/C11H13NO2/c1-12-10(11(14)8-13)7-9-5-3-2-4-6-9/h2-6,8,10,12H,7H2,1H3. The van der Waals surface area contributed by atoms with Crippen molar-refractivity contribution in [1.82, 2.24) is 5.32 Å². The van der Waals surface area contributed by atoms with E-state index in [4.69, 9.17) is 0 Å². The molecular formula is C11H13NO2. The summed E-state index contributed by atoms with van der Waals surface area (Å²) in [5, 5.41) is 2.82. The summed E-state index contributed by atoms with van der Waals surface area (Å²) in [6.07, 6.45) is 0.916. The molecule has 1 rings (SSSR count). The predicted molar refractivity (Wildman–Crippen MR) is 54.1 cm³/mol. The summed E-state index contributed by atoms with van der Waals surface area (Å²) >= 11 is 0. The Morgan fingerprint density at radius 3 is 2.57 bits per heavy atom. The number of carbonyl (C=O) groups is 2. The van der Waals surface area contributed by atoms with Gasteiger partial charge in [0.25, 0.3) is 0 Å². The maximum atomic E-state index is 11.1. The Labute approximate surface area is 83.1 Å². The van der Waals surface area contributed by atoms with E-state index in [1.54, 1.807) is 7.05 Å². The average Bonchev–Trinajstić information content (AvgIpc) is 2.26. The molecule has 1 atom stereocenters. The summed E-state index contributed by atoms with van der Waals surface area (Å²) in [6, 6.07) is 9.19. The maximum Gasteiger partial charge on any atom is 0.212 e. The smallest absolute Gasteiger partial charge is 0.212 e. The van der Waals surface area contributed by atoms with Crippen LogP contribution in [-0.2, 0) is 16.0 Å². The normalized spacial score (nSPS) is 12.1. The van der Waals surface area contributed by atoms with Gasteiger partial charge in [-0.1, -0.05) is 30.3 Å². The van der Waals surface area contributed by atoms with E-state index < -0.39 is 11.8 Å². The minimum Gasteiger partial charge on any atom is -0.310 e. The van der Waals surface area contributed by atoms with Crippen LogP contribution in [0.4, 0.5) is 0 Å². The highest BCUT2D eigenvalue weighted by atomic mass is 16.2. The summed E-state index contributed by atoms with van der Waals surface area (Å²) in [7, 11) is 1.68. The molecule has 0 aliphatic heterocycles. The number of aldehydes is 1. The van der Waals surface area contributed by atoms with Crippen LogP contribution in [0.5, 0.6) is 0 Å². The monoisotopic (exact) mass is 191 g/mol. The second-order valence-electron chi connectivity index (χ2n) is 3.05. The van der Waals surface area contributed by atoms with Crippen LogP contribution >= 0.6 is 0 Å². The molecule has 0 aromatic heterocycles. The van der Waals surface area contributed by atoms with Gasteiger partial charge in [0.05, 0.1) is 6.04 Å². The largest absolute Gasteiger partial charge is 0.310 e. The van der Waals surface area contributed by atoms with Gasteiger partial charge in [0.15, 0.2) is 6.29 Å². The third-order valence-corrected chi connectivity index (χ3v) is 2.09. The first-order valence-corrected chi connectivity index (χ1v) is 4.48. The molecule has 0 bridgehead atoms. The highest BCUT2D eigenvalue weighted by molar-refractivity contribution is 6.27. The molecule has 0 saturated heterocycles. The van der Waals surface area contributed by atoms with Crippen molar-refractivity contribution in [1.29, 1.82) is 0 Å². The topological polar surface area (TPSA) is 46.2 Å². The van der Waals surface area contributed by atoms with Crippen molar-refractivity contribution < 1.29 is 9.59 Å². The van der Waals surface area contributed by atoms with Crippen molar-refractivity contribution in [3.05, 3.63) is 35.9 Å². The van der Waals surface area contributed by atoms with Crippen molar-refractivity contribution in [3.63, 3.8) is 0 Å². The van der Waals surface area contributed by atoms with Gasteiger partial charge in [-0.05, 0) is 19.0 Å². The zero-order valence-corrected chi connectivity index (χ0v) is 8.07. The van der Waals surface area contributed by atoms with E-state index in [1.807, 2.05) is 30.3 Å². The highest BCUT2D eigenvalue weighted by Crippen LogP contribution is 2.02. The van der Waals surface area contributed by atoms with Crippen molar-refractivity contribution in [2.24, 2.45) is 0 Å². The lowest BCUT2D eigenvalue weighted by atomic mass is 10.0. The second kappa shape index (κ2) is 5.29. The van der Waals surface area contributed by atoms with E-state index in [2.05, 4.69) is 5.32 Å². The van der Waals surface area contributed by atoms with E-state index in [9.17, 15) is 9.59 Å². The molecular weight excluding hydrogens is 178 g/mol. The van der Waals surface area contributed by atoms with Crippen LogP contribution in [0, 0.1) is 0 Å². The molecule has 0 saturated carbocycles. The van der Waals surface area contributed by atoms with Gasteiger partial charge in [-0.3, -0.25) is 9.59 Å². The Hall–Kier alpha value is -1.48. The molecule has 3 heteroatoms. The van der Waals surface area contributed by atoms with Crippen LogP contribution in [-0.4, -0.2) is 25.2 Å². The van der Waals surface area contributed by atoms with Gasteiger partial charge in [-0.2, -0.15) is 0 Å². The average molecular weight is 191 g/mol. The van der Waals surface area contributed by atoms with Crippen molar-refractivity contribution in [3.8, 4) is 0 Å². The minimum atomic E-state index is -0.408. The minimum absolute atomic E-state index is 0.365. The summed E-state index contributed by atoms with van der Waals surface area (Å²) in [5.74, 6) is -0.406. The molecule has 1 N–H and O–H groups in total. The van der Waals surface area contributed by atoms with E-state index in [0.717, 1.165) is 5.56 Å². The molecule has 1 aromatic carbocycles. The van der Waals surface area contributed by atoms with Crippen LogP contribution in [0.3, 0.4) is 0 Å². The second-order valence-corrected chi connectivity index (χ2v) is 3.05. The molecule has 0 aliphatic rings. The lowest BCUT2D eigenvalue weighted by molar-refractivity contribution is -0.131. The molecule has 14 heavy (non-hydrogen) atoms. The van der Waals surface area contributed by atoms with Crippen molar-refractivity contribution in [2.45, 2.75) is 12.5 Å². The van der Waals surface area contributed by atoms with Crippen LogP contribution in [0.25, 0.3) is 0 Å². The number of ketones is 1. The molecule has 0 aliphatic carbocycles. The van der Waals surface area contributed by atoms with Crippen molar-refractivity contribution >= 4 is 12.1 Å². The molecule has 0 spiro atoms. The zero-order valence-electron chi connectivity index (χ0n) is 8.07. The molecule has 1 unspecified atom stereocenters. The van der Waals surface area contributed by atoms with Gasteiger partial charge in [0, 0.05) is 0 Å². The fraction of sp³-hybridized carbons (Fsp3) is 0.273. The number of hydrogen-bond donors (Lipinski definition) is 1. The lowest BCUT2D eigenvalue weighted by Gasteiger charge is -2.11. The van der Waals surface area contributed by atoms with Crippen molar-refractivity contribution in [2.75, 3.05) is 7.05 Å². The van der Waals surface area contributed by atoms with Gasteiger partial charge in [-0.15, -0.1) is 0 Å². The van der Waals surface area contributed by atoms with Gasteiger partial charge in [-0.25, -0.2) is 0 Å². The molecule has 0 fully saturated rings. The molecule has 0 heterocycles. The lowest BCUT2D eigenvalue weighted by Crippen LogP contribution is -2.36. The first-order chi connectivity index (χ1) is 6.77. The number of likely N-dealkylation sites (N-methyl/N-ethyl adjacent to an activating group) is 1.